The van der Waals surface area contributed by atoms with Crippen LogP contribution in [0.4, 0.5) is 9.59 Å². The number of ether oxygens (including phenoxy) is 3. The number of H-pyrrole nitrogens is 2. The molecular weight excluding hydrogens is 804 g/mol. The van der Waals surface area contributed by atoms with Gasteiger partial charge in [0.05, 0.1) is 48.3 Å². The van der Waals surface area contributed by atoms with E-state index in [1.54, 1.807) is 6.20 Å². The van der Waals surface area contributed by atoms with Gasteiger partial charge in [0, 0.05) is 16.7 Å². The number of aromatic amines is 2. The first kappa shape index (κ1) is 41.8. The zero-order valence-electron chi connectivity index (χ0n) is 28.4. The molecule has 0 saturated heterocycles. The molecular formula is C37H28N6O7P2V2. The van der Waals surface area contributed by atoms with Crippen LogP contribution in [-0.4, -0.2) is 58.4 Å². The van der Waals surface area contributed by atoms with Gasteiger partial charge in [-0.05, 0) is 74.6 Å². The zero-order valence-corrected chi connectivity index (χ0v) is 33.2. The SMILES string of the molecule is COC([NH-])=O.COC([NH-])=O.O=[C-]Pc1ncc(-c2ccc3c4c(ccc3c2)-c2cc3ccc(-c5ccc6nc(P[C-]=O)[nH]c6c5)cc3cc2OC4)[nH]1.[V+2].[V+2]. The first-order chi connectivity index (χ1) is 25.2. The molecule has 0 aliphatic carbocycles. The number of amides is 2. The summed E-state index contributed by atoms with van der Waals surface area (Å²) in [4.78, 5) is 55.2. The number of imidazole rings is 2. The molecule has 4 N–H and O–H groups in total. The van der Waals surface area contributed by atoms with E-state index in [1.807, 2.05) is 18.1 Å². The number of carbonyl (C=O) groups is 2. The Morgan fingerprint density at radius 1 is 0.741 bits per heavy atom. The number of carbonyl (C=O) groups excluding carboxylic acids is 4. The van der Waals surface area contributed by atoms with Crippen molar-refractivity contribution >= 4 is 85.1 Å². The van der Waals surface area contributed by atoms with Gasteiger partial charge in [-0.3, -0.25) is 9.59 Å². The number of hydrogen-bond acceptors (Lipinski definition) is 9. The molecule has 2 atom stereocenters. The summed E-state index contributed by atoms with van der Waals surface area (Å²) >= 11 is 0. The van der Waals surface area contributed by atoms with E-state index in [9.17, 15) is 19.2 Å². The number of nitrogens with zero attached hydrogens (tertiary/aromatic N) is 2. The van der Waals surface area contributed by atoms with Crippen molar-refractivity contribution < 1.29 is 70.5 Å². The maximum atomic E-state index is 10.8. The average Bonchev–Trinajstić information content (AvgIpc) is 3.80. The number of aromatic nitrogens is 4. The van der Waals surface area contributed by atoms with Gasteiger partial charge in [-0.15, -0.1) is 0 Å². The number of fused-ring (bicyclic) bond motifs is 7. The maximum absolute atomic E-state index is 10.8. The molecule has 3 heterocycles. The summed E-state index contributed by atoms with van der Waals surface area (Å²) in [6, 6.07) is 31.4. The van der Waals surface area contributed by atoms with Crippen LogP contribution in [0.2, 0.25) is 0 Å². The third-order valence-electron chi connectivity index (χ3n) is 8.14. The minimum atomic E-state index is -0.995. The molecule has 1 aliphatic rings. The number of benzene rings is 5. The van der Waals surface area contributed by atoms with Crippen LogP contribution in [0.5, 0.6) is 5.75 Å². The van der Waals surface area contributed by atoms with Crippen molar-refractivity contribution in [3.63, 3.8) is 0 Å². The van der Waals surface area contributed by atoms with Gasteiger partial charge in [0.2, 0.25) is 12.2 Å². The Labute approximate surface area is 336 Å². The van der Waals surface area contributed by atoms with Crippen molar-refractivity contribution in [2.24, 2.45) is 0 Å². The number of rotatable bonds is 6. The van der Waals surface area contributed by atoms with Gasteiger partial charge >= 0.3 is 37.1 Å². The summed E-state index contributed by atoms with van der Waals surface area (Å²) in [6.07, 6.45) is -0.231. The predicted molar refractivity (Wildman–Crippen MR) is 205 cm³/mol. The van der Waals surface area contributed by atoms with Crippen LogP contribution in [0, 0.1) is 0 Å². The molecule has 0 fully saturated rings. The molecule has 0 spiro atoms. The Morgan fingerprint density at radius 2 is 1.37 bits per heavy atom. The van der Waals surface area contributed by atoms with Crippen LogP contribution < -0.4 is 15.9 Å². The smallest absolute Gasteiger partial charge is 0.632 e. The molecule has 2 radical (unpaired) electrons. The molecule has 54 heavy (non-hydrogen) atoms. The molecule has 1 aliphatic heterocycles. The van der Waals surface area contributed by atoms with E-state index in [0.29, 0.717) is 17.7 Å². The molecule has 2 amide bonds. The second-order valence-electron chi connectivity index (χ2n) is 11.1. The van der Waals surface area contributed by atoms with Crippen molar-refractivity contribution in [2.45, 2.75) is 6.61 Å². The van der Waals surface area contributed by atoms with E-state index in [1.165, 1.54) is 11.1 Å². The molecule has 5 aromatic carbocycles. The predicted octanol–water partition coefficient (Wildman–Crippen LogP) is 7.83. The van der Waals surface area contributed by atoms with Crippen LogP contribution in [0.25, 0.3) is 77.6 Å². The van der Waals surface area contributed by atoms with E-state index in [0.717, 1.165) is 80.5 Å². The zero-order chi connectivity index (χ0) is 36.8. The number of hydrogen-bond donors (Lipinski definition) is 2. The van der Waals surface area contributed by atoms with E-state index in [2.05, 4.69) is 102 Å². The van der Waals surface area contributed by atoms with Gasteiger partial charge in [-0.2, -0.15) is 17.2 Å². The normalized spacial score (nSPS) is 11.2. The minimum Gasteiger partial charge on any atom is -0.632 e. The van der Waals surface area contributed by atoms with E-state index in [-0.39, 0.29) is 54.3 Å². The molecule has 17 heteroatoms. The van der Waals surface area contributed by atoms with Crippen molar-refractivity contribution in [1.29, 1.82) is 0 Å². The van der Waals surface area contributed by atoms with Crippen molar-refractivity contribution in [3.05, 3.63) is 102 Å². The molecule has 2 aromatic heterocycles. The Hall–Kier alpha value is -4.99. The molecule has 2 unspecified atom stereocenters. The average molecular weight is 833 g/mol. The van der Waals surface area contributed by atoms with Gasteiger partial charge < -0.3 is 45.2 Å². The van der Waals surface area contributed by atoms with Crippen LogP contribution in [0.1, 0.15) is 5.56 Å². The minimum absolute atomic E-state index is 0. The fourth-order valence-electron chi connectivity index (χ4n) is 5.78. The van der Waals surface area contributed by atoms with Gasteiger partial charge in [0.15, 0.2) is 0 Å². The summed E-state index contributed by atoms with van der Waals surface area (Å²) in [5.74, 6) is 0.876. The standard InChI is InChI=1S/C33H20N4O3P2.2C2H5NO2.2V/c38-16-41-32-34-14-30(37-32)22-4-6-24-21(10-22)3-7-25-26-11-19-2-1-18(9-23(19)13-31(26)40-15-27(24)25)20-5-8-28-29(12-20)36-33(35-28)42-17-39;2*1-5-2(3)4;;/h1-14,41-42H,15H2,(H,34,37)(H,35,36);2*1H3,(H2,3,4);;/q-2;;;2*+2/p-2. The molecule has 13 nitrogen and oxygen atoms in total. The van der Waals surface area contributed by atoms with Gasteiger partial charge in [-0.1, -0.05) is 42.5 Å². The fourth-order valence-corrected chi connectivity index (χ4v) is 6.68. The summed E-state index contributed by atoms with van der Waals surface area (Å²) in [5.41, 5.74) is 22.5. The third-order valence-corrected chi connectivity index (χ3v) is 9.31. The van der Waals surface area contributed by atoms with E-state index in [4.69, 9.17) is 16.2 Å². The quantitative estimate of drug-likeness (QED) is 0.124. The van der Waals surface area contributed by atoms with Crippen LogP contribution in [0.3, 0.4) is 0 Å². The Kier molecular flexibility index (Phi) is 14.6. The van der Waals surface area contributed by atoms with Gasteiger partial charge in [0.25, 0.3) is 0 Å². The fraction of sp³-hybridized carbons (Fsp3) is 0.0811. The maximum Gasteiger partial charge on any atom is 2.00 e. The molecule has 8 rings (SSSR count). The van der Waals surface area contributed by atoms with Crippen molar-refractivity contribution in [1.82, 2.24) is 19.9 Å². The van der Waals surface area contributed by atoms with Crippen molar-refractivity contribution in [2.75, 3.05) is 14.2 Å². The summed E-state index contributed by atoms with van der Waals surface area (Å²) in [6.45, 7) is 0.492. The molecule has 0 saturated carbocycles. The summed E-state index contributed by atoms with van der Waals surface area (Å²) in [7, 11) is 2.12. The largest absolute Gasteiger partial charge is 2.00 e. The van der Waals surface area contributed by atoms with Crippen LogP contribution in [-0.2, 0) is 62.8 Å². The van der Waals surface area contributed by atoms with Gasteiger partial charge in [0.1, 0.15) is 12.4 Å². The molecule has 268 valence electrons. The van der Waals surface area contributed by atoms with Crippen molar-refractivity contribution in [3.8, 4) is 39.3 Å². The Morgan fingerprint density at radius 3 is 2.07 bits per heavy atom. The van der Waals surface area contributed by atoms with E-state index >= 15 is 0 Å². The topological polar surface area (TPSA) is 201 Å². The second-order valence-corrected chi connectivity index (χ2v) is 13.0. The van der Waals surface area contributed by atoms with Gasteiger partial charge in [-0.25, -0.2) is 22.0 Å². The second kappa shape index (κ2) is 18.9. The Balaban J connectivity index is 0.000000484. The first-order valence-corrected chi connectivity index (χ1v) is 17.4. The summed E-state index contributed by atoms with van der Waals surface area (Å²) < 4.78 is 13.9. The summed E-state index contributed by atoms with van der Waals surface area (Å²) in [5, 5.41) is 4.52. The Bertz CT molecular complexity index is 2480. The molecule has 7 aromatic rings. The van der Waals surface area contributed by atoms with E-state index < -0.39 is 12.2 Å². The molecule has 0 bridgehead atoms. The van der Waals surface area contributed by atoms with Crippen LogP contribution in [0.15, 0.2) is 85.1 Å². The number of nitrogens with one attached hydrogen (secondary N) is 4. The third kappa shape index (κ3) is 9.38. The number of methoxy groups -OCH3 is 2. The monoisotopic (exact) mass is 832 g/mol. The van der Waals surface area contributed by atoms with Crippen LogP contribution >= 0.6 is 17.2 Å². The first-order valence-electron chi connectivity index (χ1n) is 15.4.